The van der Waals surface area contributed by atoms with Crippen LogP contribution >= 0.6 is 11.8 Å². The number of amidine groups is 1. The van der Waals surface area contributed by atoms with Crippen molar-refractivity contribution in [2.24, 2.45) is 16.8 Å². The summed E-state index contributed by atoms with van der Waals surface area (Å²) >= 11 is 1.88. The van der Waals surface area contributed by atoms with E-state index in [1.807, 2.05) is 11.8 Å². The molecule has 2 nitrogen and oxygen atoms in total. The highest BCUT2D eigenvalue weighted by Gasteiger charge is 2.27. The molecule has 2 rings (SSSR count). The van der Waals surface area contributed by atoms with Crippen molar-refractivity contribution in [3.8, 4) is 0 Å². The zero-order valence-electron chi connectivity index (χ0n) is 10.8. The average Bonchev–Trinajstić information content (AvgIpc) is 2.58. The fraction of sp³-hybridized carbons (Fsp3) is 0.923. The highest BCUT2D eigenvalue weighted by molar-refractivity contribution is 8.14. The van der Waals surface area contributed by atoms with Crippen LogP contribution < -0.4 is 5.32 Å². The van der Waals surface area contributed by atoms with E-state index in [2.05, 4.69) is 26.1 Å². The minimum absolute atomic E-state index is 0.241. The van der Waals surface area contributed by atoms with Gasteiger partial charge in [0, 0.05) is 17.8 Å². The zero-order valence-corrected chi connectivity index (χ0v) is 11.6. The second-order valence-corrected chi connectivity index (χ2v) is 7.03. The normalized spacial score (nSPS) is 36.3. The van der Waals surface area contributed by atoms with Crippen molar-refractivity contribution in [1.29, 1.82) is 0 Å². The molecule has 0 unspecified atom stereocenters. The average molecular weight is 240 g/mol. The van der Waals surface area contributed by atoms with Crippen molar-refractivity contribution in [3.05, 3.63) is 0 Å². The first-order chi connectivity index (χ1) is 7.55. The minimum Gasteiger partial charge on any atom is -0.359 e. The molecule has 1 saturated carbocycles. The van der Waals surface area contributed by atoms with Gasteiger partial charge in [-0.1, -0.05) is 31.5 Å². The summed E-state index contributed by atoms with van der Waals surface area (Å²) in [5, 5.41) is 4.66. The predicted molar refractivity (Wildman–Crippen MR) is 73.1 cm³/mol. The molecule has 0 amide bonds. The van der Waals surface area contributed by atoms with E-state index >= 15 is 0 Å². The van der Waals surface area contributed by atoms with E-state index < -0.39 is 0 Å². The fourth-order valence-electron chi connectivity index (χ4n) is 2.42. The first-order valence-electron chi connectivity index (χ1n) is 6.50. The largest absolute Gasteiger partial charge is 0.359 e. The van der Waals surface area contributed by atoms with Crippen molar-refractivity contribution in [3.63, 3.8) is 0 Å². The summed E-state index contributed by atoms with van der Waals surface area (Å²) in [6, 6.07) is 0. The molecule has 1 N–H and O–H groups in total. The van der Waals surface area contributed by atoms with Gasteiger partial charge in [-0.2, -0.15) is 0 Å². The van der Waals surface area contributed by atoms with Gasteiger partial charge in [0.1, 0.15) is 0 Å². The van der Waals surface area contributed by atoms with Gasteiger partial charge in [0.05, 0.1) is 0 Å². The van der Waals surface area contributed by atoms with Crippen LogP contribution in [-0.2, 0) is 0 Å². The topological polar surface area (TPSA) is 24.4 Å². The third kappa shape index (κ3) is 3.41. The summed E-state index contributed by atoms with van der Waals surface area (Å²) in [5.74, 6) is 2.93. The summed E-state index contributed by atoms with van der Waals surface area (Å²) in [4.78, 5) is 4.74. The third-order valence-corrected chi connectivity index (χ3v) is 5.01. The van der Waals surface area contributed by atoms with Crippen LogP contribution in [0.5, 0.6) is 0 Å². The lowest BCUT2D eigenvalue weighted by atomic mass is 9.83. The molecule has 1 saturated heterocycles. The summed E-state index contributed by atoms with van der Waals surface area (Å²) in [6.45, 7) is 7.90. The molecule has 1 aliphatic carbocycles. The van der Waals surface area contributed by atoms with Gasteiger partial charge in [0.25, 0.3) is 0 Å². The predicted octanol–water partition coefficient (Wildman–Crippen LogP) is 3.28. The molecule has 0 spiro atoms. The van der Waals surface area contributed by atoms with E-state index in [1.54, 1.807) is 0 Å². The first kappa shape index (κ1) is 12.3. The third-order valence-electron chi connectivity index (χ3n) is 3.64. The van der Waals surface area contributed by atoms with Crippen molar-refractivity contribution in [2.45, 2.75) is 52.0 Å². The standard InChI is InChI=1S/C13H24N2S/c1-10-4-6-11(7-5-10)8-14-12-15-13(2,3)9-16-12/h10-11H,4-9H2,1-3H3,(H,14,15). The molecule has 2 fully saturated rings. The molecule has 92 valence electrons. The van der Waals surface area contributed by atoms with Gasteiger partial charge in [0.2, 0.25) is 0 Å². The zero-order chi connectivity index (χ0) is 11.6. The molecular formula is C13H24N2S. The second-order valence-electron chi connectivity index (χ2n) is 6.07. The Morgan fingerprint density at radius 3 is 2.56 bits per heavy atom. The molecule has 2 aliphatic rings. The van der Waals surface area contributed by atoms with E-state index in [1.165, 1.54) is 30.9 Å². The van der Waals surface area contributed by atoms with Crippen molar-refractivity contribution in [2.75, 3.05) is 12.3 Å². The van der Waals surface area contributed by atoms with Crippen LogP contribution in [-0.4, -0.2) is 23.0 Å². The number of rotatable bonds is 2. The van der Waals surface area contributed by atoms with Gasteiger partial charge >= 0.3 is 0 Å². The Hall–Kier alpha value is -0.180. The van der Waals surface area contributed by atoms with Crippen molar-refractivity contribution >= 4 is 16.9 Å². The molecule has 0 radical (unpaired) electrons. The van der Waals surface area contributed by atoms with Gasteiger partial charge in [-0.15, -0.1) is 0 Å². The maximum atomic E-state index is 4.74. The van der Waals surface area contributed by atoms with Crippen LogP contribution in [0.1, 0.15) is 46.5 Å². The number of thioether (sulfide) groups is 1. The monoisotopic (exact) mass is 240 g/mol. The Morgan fingerprint density at radius 2 is 2.00 bits per heavy atom. The van der Waals surface area contributed by atoms with Crippen LogP contribution in [0.25, 0.3) is 0 Å². The summed E-state index contributed by atoms with van der Waals surface area (Å²) in [6.07, 6.45) is 5.57. The van der Waals surface area contributed by atoms with Crippen LogP contribution in [0, 0.1) is 11.8 Å². The lowest BCUT2D eigenvalue weighted by Crippen LogP contribution is -2.37. The van der Waals surface area contributed by atoms with Crippen LogP contribution in [0.4, 0.5) is 0 Å². The number of nitrogens with zero attached hydrogens (tertiary/aromatic N) is 1. The molecule has 0 aromatic rings. The Labute approximate surface area is 104 Å². The Bertz CT molecular complexity index is 265. The smallest absolute Gasteiger partial charge is 0.157 e. The van der Waals surface area contributed by atoms with E-state index in [4.69, 9.17) is 4.99 Å². The van der Waals surface area contributed by atoms with E-state index in [0.717, 1.165) is 24.1 Å². The maximum Gasteiger partial charge on any atom is 0.157 e. The molecule has 0 atom stereocenters. The van der Waals surface area contributed by atoms with Crippen LogP contribution in [0.2, 0.25) is 0 Å². The fourth-order valence-corrected chi connectivity index (χ4v) is 3.50. The van der Waals surface area contributed by atoms with Gasteiger partial charge < -0.3 is 5.32 Å². The summed E-state index contributed by atoms with van der Waals surface area (Å²) < 4.78 is 0. The van der Waals surface area contributed by atoms with Gasteiger partial charge in [-0.3, -0.25) is 4.99 Å². The highest BCUT2D eigenvalue weighted by Crippen LogP contribution is 2.29. The van der Waals surface area contributed by atoms with Crippen LogP contribution in [0.3, 0.4) is 0 Å². The molecule has 3 heteroatoms. The molecule has 0 aromatic carbocycles. The number of nitrogens with one attached hydrogen (secondary N) is 1. The van der Waals surface area contributed by atoms with Crippen molar-refractivity contribution < 1.29 is 0 Å². The quantitative estimate of drug-likeness (QED) is 0.801. The Kier molecular flexibility index (Phi) is 3.83. The molecule has 0 bridgehead atoms. The van der Waals surface area contributed by atoms with Crippen molar-refractivity contribution in [1.82, 2.24) is 5.32 Å². The number of aliphatic imine (C=N–C) groups is 1. The summed E-state index contributed by atoms with van der Waals surface area (Å²) in [5.41, 5.74) is 0.241. The first-order valence-corrected chi connectivity index (χ1v) is 7.49. The van der Waals surface area contributed by atoms with E-state index in [0.29, 0.717) is 0 Å². The van der Waals surface area contributed by atoms with Crippen LogP contribution in [0.15, 0.2) is 4.99 Å². The molecular weight excluding hydrogens is 216 g/mol. The number of hydrogen-bond acceptors (Lipinski definition) is 2. The maximum absolute atomic E-state index is 4.74. The second kappa shape index (κ2) is 4.99. The minimum atomic E-state index is 0.241. The lowest BCUT2D eigenvalue weighted by molar-refractivity contribution is 0.296. The Balaban J connectivity index is 1.77. The van der Waals surface area contributed by atoms with E-state index in [9.17, 15) is 0 Å². The molecule has 16 heavy (non-hydrogen) atoms. The van der Waals surface area contributed by atoms with Gasteiger partial charge in [-0.25, -0.2) is 0 Å². The SMILES string of the molecule is CC1CCC(CN=C2NC(C)(C)CS2)CC1. The number of hydrogen-bond donors (Lipinski definition) is 1. The molecule has 1 aliphatic heterocycles. The summed E-state index contributed by atoms with van der Waals surface area (Å²) in [7, 11) is 0. The Morgan fingerprint density at radius 1 is 1.31 bits per heavy atom. The molecule has 0 aromatic heterocycles. The lowest BCUT2D eigenvalue weighted by Gasteiger charge is -2.24. The molecule has 1 heterocycles. The van der Waals surface area contributed by atoms with E-state index in [-0.39, 0.29) is 5.54 Å². The van der Waals surface area contributed by atoms with Gasteiger partial charge in [-0.05, 0) is 38.5 Å². The van der Waals surface area contributed by atoms with Gasteiger partial charge in [0.15, 0.2) is 5.17 Å². The highest BCUT2D eigenvalue weighted by atomic mass is 32.2.